The summed E-state index contributed by atoms with van der Waals surface area (Å²) in [6, 6.07) is 19.2. The Morgan fingerprint density at radius 3 is 2.09 bits per heavy atom. The Morgan fingerprint density at radius 1 is 0.857 bits per heavy atom. The number of anilines is 1. The summed E-state index contributed by atoms with van der Waals surface area (Å²) in [4.78, 5) is 36.8. The van der Waals surface area contributed by atoms with E-state index in [0.717, 1.165) is 0 Å². The SMILES string of the molecule is COc1ccc(S(=O)(=O)N[C@@H](C)C(=O)OCC(=O)c2ccc(NC(=O)c3ccccc3)cc2)cc1. The summed E-state index contributed by atoms with van der Waals surface area (Å²) >= 11 is 0. The second-order valence-electron chi connectivity index (χ2n) is 7.45. The molecule has 0 unspecified atom stereocenters. The second-order valence-corrected chi connectivity index (χ2v) is 9.16. The molecule has 0 spiro atoms. The number of benzene rings is 3. The molecule has 0 aliphatic rings. The molecule has 35 heavy (non-hydrogen) atoms. The summed E-state index contributed by atoms with van der Waals surface area (Å²) in [7, 11) is -2.52. The highest BCUT2D eigenvalue weighted by atomic mass is 32.2. The molecule has 0 aliphatic heterocycles. The largest absolute Gasteiger partial charge is 0.497 e. The molecule has 0 heterocycles. The summed E-state index contributed by atoms with van der Waals surface area (Å²) in [6.07, 6.45) is 0. The second kappa shape index (κ2) is 11.4. The fourth-order valence-corrected chi connectivity index (χ4v) is 4.17. The first kappa shape index (κ1) is 25.6. The third-order valence-electron chi connectivity index (χ3n) is 4.90. The van der Waals surface area contributed by atoms with Gasteiger partial charge in [0.25, 0.3) is 5.91 Å². The molecular weight excluding hydrogens is 472 g/mol. The number of Topliss-reactive ketones (excluding diaryl/α,β-unsaturated/α-hetero) is 1. The Bertz CT molecular complexity index is 1290. The summed E-state index contributed by atoms with van der Waals surface area (Å²) < 4.78 is 37.1. The molecule has 0 fully saturated rings. The van der Waals surface area contributed by atoms with E-state index >= 15 is 0 Å². The predicted octanol–water partition coefficient (Wildman–Crippen LogP) is 3.04. The maximum Gasteiger partial charge on any atom is 0.324 e. The molecule has 182 valence electrons. The quantitative estimate of drug-likeness (QED) is 0.326. The molecule has 3 aromatic rings. The lowest BCUT2D eigenvalue weighted by molar-refractivity contribution is -0.144. The van der Waals surface area contributed by atoms with Crippen LogP contribution < -0.4 is 14.8 Å². The van der Waals surface area contributed by atoms with E-state index in [1.54, 1.807) is 42.5 Å². The number of nitrogens with one attached hydrogen (secondary N) is 2. The summed E-state index contributed by atoms with van der Waals surface area (Å²) in [5, 5.41) is 2.72. The van der Waals surface area contributed by atoms with Crippen molar-refractivity contribution >= 4 is 33.4 Å². The first-order valence-electron chi connectivity index (χ1n) is 10.5. The minimum Gasteiger partial charge on any atom is -0.497 e. The van der Waals surface area contributed by atoms with Gasteiger partial charge in [-0.15, -0.1) is 0 Å². The fraction of sp³-hybridized carbons (Fsp3) is 0.160. The number of ketones is 1. The van der Waals surface area contributed by atoms with Crippen molar-refractivity contribution in [3.05, 3.63) is 90.0 Å². The molecule has 3 rings (SSSR count). The third-order valence-corrected chi connectivity index (χ3v) is 6.46. The van der Waals surface area contributed by atoms with Crippen LogP contribution in [0.4, 0.5) is 5.69 Å². The van der Waals surface area contributed by atoms with E-state index in [4.69, 9.17) is 9.47 Å². The van der Waals surface area contributed by atoms with Crippen molar-refractivity contribution in [3.8, 4) is 5.75 Å². The van der Waals surface area contributed by atoms with Crippen LogP contribution in [-0.2, 0) is 19.6 Å². The van der Waals surface area contributed by atoms with Crippen molar-refractivity contribution in [1.82, 2.24) is 4.72 Å². The van der Waals surface area contributed by atoms with Gasteiger partial charge in [0.05, 0.1) is 12.0 Å². The van der Waals surface area contributed by atoms with Gasteiger partial charge >= 0.3 is 5.97 Å². The Labute approximate surface area is 203 Å². The lowest BCUT2D eigenvalue weighted by Gasteiger charge is -2.14. The minimum absolute atomic E-state index is 0.0477. The monoisotopic (exact) mass is 496 g/mol. The lowest BCUT2D eigenvalue weighted by Crippen LogP contribution is -2.40. The molecule has 3 aromatic carbocycles. The number of hydrogen-bond donors (Lipinski definition) is 2. The number of amides is 1. The first-order valence-corrected chi connectivity index (χ1v) is 12.0. The average molecular weight is 497 g/mol. The Hall–Kier alpha value is -4.02. The molecule has 0 saturated carbocycles. The zero-order valence-electron chi connectivity index (χ0n) is 19.1. The molecule has 10 heteroatoms. The van der Waals surface area contributed by atoms with Crippen molar-refractivity contribution in [2.45, 2.75) is 17.9 Å². The summed E-state index contributed by atoms with van der Waals surface area (Å²) in [6.45, 7) is 0.751. The predicted molar refractivity (Wildman–Crippen MR) is 129 cm³/mol. The van der Waals surface area contributed by atoms with Gasteiger partial charge in [0, 0.05) is 16.8 Å². The molecule has 1 atom stereocenters. The van der Waals surface area contributed by atoms with Gasteiger partial charge in [-0.2, -0.15) is 4.72 Å². The van der Waals surface area contributed by atoms with E-state index in [0.29, 0.717) is 17.0 Å². The van der Waals surface area contributed by atoms with Crippen molar-refractivity contribution in [3.63, 3.8) is 0 Å². The number of esters is 1. The minimum atomic E-state index is -3.98. The summed E-state index contributed by atoms with van der Waals surface area (Å²) in [5.74, 6) is -1.18. The lowest BCUT2D eigenvalue weighted by atomic mass is 10.1. The Morgan fingerprint density at radius 2 is 1.49 bits per heavy atom. The maximum absolute atomic E-state index is 12.4. The van der Waals surface area contributed by atoms with Crippen molar-refractivity contribution in [2.75, 3.05) is 19.0 Å². The van der Waals surface area contributed by atoms with Crippen molar-refractivity contribution in [1.29, 1.82) is 0 Å². The maximum atomic E-state index is 12.4. The first-order chi connectivity index (χ1) is 16.7. The highest BCUT2D eigenvalue weighted by Gasteiger charge is 2.24. The molecule has 9 nitrogen and oxygen atoms in total. The third kappa shape index (κ3) is 6.98. The van der Waals surface area contributed by atoms with Crippen LogP contribution in [0.5, 0.6) is 5.75 Å². The van der Waals surface area contributed by atoms with Crippen LogP contribution in [0, 0.1) is 0 Å². The van der Waals surface area contributed by atoms with E-state index in [1.807, 2.05) is 0 Å². The van der Waals surface area contributed by atoms with E-state index in [2.05, 4.69) is 10.0 Å². The zero-order valence-corrected chi connectivity index (χ0v) is 19.9. The van der Waals surface area contributed by atoms with Crippen molar-refractivity contribution < 1.29 is 32.3 Å². The smallest absolute Gasteiger partial charge is 0.324 e. The molecular formula is C25H24N2O7S. The van der Waals surface area contributed by atoms with Gasteiger partial charge < -0.3 is 14.8 Å². The van der Waals surface area contributed by atoms with Gasteiger partial charge in [-0.1, -0.05) is 18.2 Å². The van der Waals surface area contributed by atoms with E-state index in [-0.39, 0.29) is 16.4 Å². The van der Waals surface area contributed by atoms with E-state index in [1.165, 1.54) is 50.4 Å². The summed E-state index contributed by atoms with van der Waals surface area (Å²) in [5.41, 5.74) is 1.26. The van der Waals surface area contributed by atoms with Crippen LogP contribution in [0.15, 0.2) is 83.8 Å². The normalized spacial score (nSPS) is 11.8. The number of carbonyl (C=O) groups excluding carboxylic acids is 3. The number of methoxy groups -OCH3 is 1. The van der Waals surface area contributed by atoms with Crippen LogP contribution >= 0.6 is 0 Å². The number of rotatable bonds is 10. The fourth-order valence-electron chi connectivity index (χ4n) is 2.98. The van der Waals surface area contributed by atoms with Gasteiger partial charge in [0.2, 0.25) is 10.0 Å². The number of hydrogen-bond acceptors (Lipinski definition) is 7. The van der Waals surface area contributed by atoms with Gasteiger partial charge in [-0.3, -0.25) is 14.4 Å². The van der Waals surface area contributed by atoms with Crippen LogP contribution in [-0.4, -0.2) is 45.8 Å². The zero-order chi connectivity index (χ0) is 25.4. The van der Waals surface area contributed by atoms with Crippen LogP contribution in [0.1, 0.15) is 27.6 Å². The van der Waals surface area contributed by atoms with Gasteiger partial charge in [-0.05, 0) is 67.6 Å². The Balaban J connectivity index is 1.51. The standard InChI is InChI=1S/C25H24N2O7S/c1-17(27-35(31,32)22-14-12-21(33-2)13-15-22)25(30)34-16-23(28)18-8-10-20(11-9-18)26-24(29)19-6-4-3-5-7-19/h3-15,17,27H,16H2,1-2H3,(H,26,29)/t17-/m0/s1. The highest BCUT2D eigenvalue weighted by molar-refractivity contribution is 7.89. The van der Waals surface area contributed by atoms with Gasteiger partial charge in [0.15, 0.2) is 12.4 Å². The molecule has 0 bridgehead atoms. The van der Waals surface area contributed by atoms with Gasteiger partial charge in [0.1, 0.15) is 11.8 Å². The van der Waals surface area contributed by atoms with E-state index < -0.39 is 34.4 Å². The topological polar surface area (TPSA) is 128 Å². The molecule has 0 saturated heterocycles. The average Bonchev–Trinajstić information content (AvgIpc) is 2.87. The van der Waals surface area contributed by atoms with Crippen LogP contribution in [0.3, 0.4) is 0 Å². The van der Waals surface area contributed by atoms with Gasteiger partial charge in [-0.25, -0.2) is 8.42 Å². The molecule has 2 N–H and O–H groups in total. The Kier molecular flexibility index (Phi) is 8.34. The molecule has 0 radical (unpaired) electrons. The number of ether oxygens (including phenoxy) is 2. The molecule has 0 aromatic heterocycles. The number of sulfonamides is 1. The number of carbonyl (C=O) groups is 3. The highest BCUT2D eigenvalue weighted by Crippen LogP contribution is 2.16. The molecule has 1 amide bonds. The van der Waals surface area contributed by atoms with Crippen LogP contribution in [0.2, 0.25) is 0 Å². The van der Waals surface area contributed by atoms with E-state index in [9.17, 15) is 22.8 Å². The molecule has 0 aliphatic carbocycles. The van der Waals surface area contributed by atoms with Crippen LogP contribution in [0.25, 0.3) is 0 Å². The van der Waals surface area contributed by atoms with Crippen molar-refractivity contribution in [2.24, 2.45) is 0 Å².